The van der Waals surface area contributed by atoms with Crippen LogP contribution in [0, 0.1) is 27.7 Å². The number of nitrogens with zero attached hydrogens (tertiary/aromatic N) is 1. The highest BCUT2D eigenvalue weighted by Crippen LogP contribution is 2.25. The third-order valence-corrected chi connectivity index (χ3v) is 7.62. The minimum Gasteiger partial charge on any atom is -0.484 e. The number of aryl methyl sites for hydroxylation is 4. The molecule has 0 aliphatic rings. The molecule has 170 valence electrons. The predicted octanol–water partition coefficient (Wildman–Crippen LogP) is 4.21. The van der Waals surface area contributed by atoms with Crippen molar-refractivity contribution in [3.8, 4) is 5.75 Å². The minimum absolute atomic E-state index is 0.141. The van der Waals surface area contributed by atoms with E-state index in [4.69, 9.17) is 4.74 Å². The summed E-state index contributed by atoms with van der Waals surface area (Å²) in [6.45, 7) is 14.2. The molecule has 2 aromatic carbocycles. The number of ether oxygens (including phenoxy) is 1. The Balaban J connectivity index is 2.05. The lowest BCUT2D eigenvalue weighted by Crippen LogP contribution is -2.32. The zero-order chi connectivity index (χ0) is 23.3. The van der Waals surface area contributed by atoms with Gasteiger partial charge in [-0.15, -0.1) is 0 Å². The van der Waals surface area contributed by atoms with E-state index in [2.05, 4.69) is 31.3 Å². The fraction of sp³-hybridized carbons (Fsp3) is 0.458. The third-order valence-electron chi connectivity index (χ3n) is 5.57. The average Bonchev–Trinajstić information content (AvgIpc) is 2.70. The zero-order valence-corrected chi connectivity index (χ0v) is 20.4. The van der Waals surface area contributed by atoms with E-state index >= 15 is 0 Å². The van der Waals surface area contributed by atoms with Crippen molar-refractivity contribution in [3.63, 3.8) is 0 Å². The molecule has 7 heteroatoms. The molecule has 0 saturated carbocycles. The van der Waals surface area contributed by atoms with Gasteiger partial charge in [-0.05, 0) is 80.6 Å². The lowest BCUT2D eigenvalue weighted by Gasteiger charge is -2.20. The molecule has 31 heavy (non-hydrogen) atoms. The summed E-state index contributed by atoms with van der Waals surface area (Å²) in [4.78, 5) is 12.7. The van der Waals surface area contributed by atoms with E-state index in [1.165, 1.54) is 21.5 Å². The summed E-state index contributed by atoms with van der Waals surface area (Å²) >= 11 is 0. The Bertz CT molecular complexity index is 1040. The van der Waals surface area contributed by atoms with E-state index in [9.17, 15) is 13.2 Å². The van der Waals surface area contributed by atoms with Gasteiger partial charge in [-0.2, -0.15) is 4.31 Å². The topological polar surface area (TPSA) is 75.7 Å². The largest absolute Gasteiger partial charge is 0.484 e. The van der Waals surface area contributed by atoms with Crippen LogP contribution in [-0.2, 0) is 14.8 Å². The highest BCUT2D eigenvalue weighted by atomic mass is 32.2. The summed E-state index contributed by atoms with van der Waals surface area (Å²) in [7, 11) is -3.53. The molecule has 1 N–H and O–H groups in total. The number of sulfonamides is 1. The van der Waals surface area contributed by atoms with Crippen molar-refractivity contribution < 1.29 is 17.9 Å². The molecule has 0 bridgehead atoms. The van der Waals surface area contributed by atoms with E-state index in [1.807, 2.05) is 27.7 Å². The van der Waals surface area contributed by atoms with Crippen LogP contribution in [0.25, 0.3) is 0 Å². The van der Waals surface area contributed by atoms with Gasteiger partial charge < -0.3 is 10.1 Å². The first-order valence-corrected chi connectivity index (χ1v) is 12.1. The monoisotopic (exact) mass is 446 g/mol. The molecular formula is C24H34N2O4S. The Kier molecular flexibility index (Phi) is 8.26. The van der Waals surface area contributed by atoms with Gasteiger partial charge in [0.05, 0.1) is 10.9 Å². The molecule has 0 aromatic heterocycles. The first-order valence-electron chi connectivity index (χ1n) is 10.6. The molecule has 1 amide bonds. The van der Waals surface area contributed by atoms with Crippen LogP contribution in [-0.4, -0.2) is 38.3 Å². The van der Waals surface area contributed by atoms with Crippen molar-refractivity contribution in [2.45, 2.75) is 59.4 Å². The first-order chi connectivity index (χ1) is 14.5. The Morgan fingerprint density at radius 1 is 0.968 bits per heavy atom. The second-order valence-corrected chi connectivity index (χ2v) is 9.83. The van der Waals surface area contributed by atoms with E-state index in [-0.39, 0.29) is 23.5 Å². The summed E-state index contributed by atoms with van der Waals surface area (Å²) in [5.74, 6) is 0.257. The molecular weight excluding hydrogens is 412 g/mol. The summed E-state index contributed by atoms with van der Waals surface area (Å²) in [6, 6.07) is 8.81. The van der Waals surface area contributed by atoms with Gasteiger partial charge in [-0.3, -0.25) is 4.79 Å². The van der Waals surface area contributed by atoms with Gasteiger partial charge in [0, 0.05) is 13.1 Å². The van der Waals surface area contributed by atoms with Gasteiger partial charge in [0.1, 0.15) is 5.75 Å². The maximum absolute atomic E-state index is 12.7. The number of hydrogen-bond donors (Lipinski definition) is 1. The van der Waals surface area contributed by atoms with Crippen LogP contribution in [0.1, 0.15) is 54.6 Å². The SMILES string of the molecule is CCN(CC)S(=O)(=O)c1ccc(OCC(=O)N[C@@H](C)c2cc(C)c(C)cc2C)c(C)c1. The number of hydrogen-bond acceptors (Lipinski definition) is 4. The van der Waals surface area contributed by atoms with Crippen molar-refractivity contribution in [2.75, 3.05) is 19.7 Å². The molecule has 6 nitrogen and oxygen atoms in total. The number of carbonyl (C=O) groups is 1. The second kappa shape index (κ2) is 10.3. The van der Waals surface area contributed by atoms with Crippen LogP contribution in [0.3, 0.4) is 0 Å². The van der Waals surface area contributed by atoms with Crippen LogP contribution in [0.4, 0.5) is 0 Å². The van der Waals surface area contributed by atoms with Gasteiger partial charge in [-0.1, -0.05) is 26.0 Å². The van der Waals surface area contributed by atoms with Crippen LogP contribution in [0.15, 0.2) is 35.2 Å². The number of nitrogens with one attached hydrogen (secondary N) is 1. The molecule has 0 aliphatic heterocycles. The lowest BCUT2D eigenvalue weighted by molar-refractivity contribution is -0.123. The first kappa shape index (κ1) is 24.9. The molecule has 0 spiro atoms. The Morgan fingerprint density at radius 3 is 2.16 bits per heavy atom. The Hall–Kier alpha value is -2.38. The van der Waals surface area contributed by atoms with Crippen molar-refractivity contribution in [1.82, 2.24) is 9.62 Å². The smallest absolute Gasteiger partial charge is 0.258 e. The molecule has 2 aromatic rings. The number of benzene rings is 2. The molecule has 0 saturated heterocycles. The molecule has 0 radical (unpaired) electrons. The fourth-order valence-electron chi connectivity index (χ4n) is 3.61. The van der Waals surface area contributed by atoms with Gasteiger partial charge in [0.15, 0.2) is 6.61 Å². The predicted molar refractivity (Wildman–Crippen MR) is 124 cm³/mol. The molecule has 0 fully saturated rings. The van der Waals surface area contributed by atoms with Crippen molar-refractivity contribution in [1.29, 1.82) is 0 Å². The van der Waals surface area contributed by atoms with Gasteiger partial charge >= 0.3 is 0 Å². The van der Waals surface area contributed by atoms with Crippen LogP contribution < -0.4 is 10.1 Å². The highest BCUT2D eigenvalue weighted by molar-refractivity contribution is 7.89. The number of amides is 1. The summed E-state index contributed by atoms with van der Waals surface area (Å²) in [6.07, 6.45) is 0. The molecule has 1 atom stereocenters. The summed E-state index contributed by atoms with van der Waals surface area (Å²) in [5, 5.41) is 2.97. The van der Waals surface area contributed by atoms with Crippen molar-refractivity contribution in [3.05, 3.63) is 58.1 Å². The molecule has 0 aliphatic carbocycles. The van der Waals surface area contributed by atoms with Crippen molar-refractivity contribution in [2.24, 2.45) is 0 Å². The van der Waals surface area contributed by atoms with Gasteiger partial charge in [0.25, 0.3) is 5.91 Å². The van der Waals surface area contributed by atoms with E-state index in [0.717, 1.165) is 11.1 Å². The lowest BCUT2D eigenvalue weighted by atomic mass is 9.96. The molecule has 0 unspecified atom stereocenters. The third kappa shape index (κ3) is 5.86. The minimum atomic E-state index is -3.53. The zero-order valence-electron chi connectivity index (χ0n) is 19.6. The maximum atomic E-state index is 12.7. The Labute approximate surface area is 186 Å². The summed E-state index contributed by atoms with van der Waals surface area (Å²) < 4.78 is 32.4. The van der Waals surface area contributed by atoms with Gasteiger partial charge in [-0.25, -0.2) is 8.42 Å². The standard InChI is InChI=1S/C24H34N2O4S/c1-8-26(9-2)31(28,29)21-10-11-23(19(6)13-21)30-15-24(27)25-20(7)22-14-17(4)16(3)12-18(22)5/h10-14,20H,8-9,15H2,1-7H3,(H,25,27)/t20-/m0/s1. The average molecular weight is 447 g/mol. The van der Waals surface area contributed by atoms with E-state index < -0.39 is 10.0 Å². The molecule has 2 rings (SSSR count). The van der Waals surface area contributed by atoms with Gasteiger partial charge in [0.2, 0.25) is 10.0 Å². The molecule has 0 heterocycles. The van der Waals surface area contributed by atoms with E-state index in [0.29, 0.717) is 24.4 Å². The number of carbonyl (C=O) groups excluding carboxylic acids is 1. The highest BCUT2D eigenvalue weighted by Gasteiger charge is 2.22. The van der Waals surface area contributed by atoms with E-state index in [1.54, 1.807) is 19.1 Å². The van der Waals surface area contributed by atoms with Crippen LogP contribution in [0.2, 0.25) is 0 Å². The quantitative estimate of drug-likeness (QED) is 0.626. The normalized spacial score (nSPS) is 12.6. The second-order valence-electron chi connectivity index (χ2n) is 7.89. The number of rotatable bonds is 9. The summed E-state index contributed by atoms with van der Waals surface area (Å²) in [5.41, 5.74) is 5.30. The Morgan fingerprint density at radius 2 is 1.58 bits per heavy atom. The maximum Gasteiger partial charge on any atom is 0.258 e. The van der Waals surface area contributed by atoms with Crippen molar-refractivity contribution >= 4 is 15.9 Å². The fourth-order valence-corrected chi connectivity index (χ4v) is 5.15. The van der Waals surface area contributed by atoms with Crippen LogP contribution >= 0.6 is 0 Å². The van der Waals surface area contributed by atoms with Crippen LogP contribution in [0.5, 0.6) is 5.75 Å².